The number of carboxylic acids is 2. The Kier molecular flexibility index (Phi) is 3.42. The number of carboxylic acid groups (broad SMARTS) is 2. The van der Waals surface area contributed by atoms with Crippen LogP contribution in [-0.4, -0.2) is 22.2 Å². The largest absolute Gasteiger partial charge is 0.481 e. The number of aliphatic carboxylic acids is 2. The fraction of sp³-hybridized carbons (Fsp3) is 0.375. The molecule has 0 saturated heterocycles. The lowest BCUT2D eigenvalue weighted by Crippen LogP contribution is -2.24. The third kappa shape index (κ3) is 2.11. The van der Waals surface area contributed by atoms with Crippen LogP contribution in [-0.2, 0) is 16.0 Å². The van der Waals surface area contributed by atoms with Crippen LogP contribution >= 0.6 is 0 Å². The molecule has 1 fully saturated rings. The molecule has 4 nitrogen and oxygen atoms in total. The zero-order valence-corrected chi connectivity index (χ0v) is 11.5. The molecule has 0 spiro atoms. The zero-order chi connectivity index (χ0) is 15.0. The van der Waals surface area contributed by atoms with Gasteiger partial charge in [-0.1, -0.05) is 50.3 Å². The van der Waals surface area contributed by atoms with Gasteiger partial charge in [0.15, 0.2) is 0 Å². The Labute approximate surface area is 117 Å². The number of allylic oxidation sites excluding steroid dienone is 1. The molecular weight excluding hydrogens is 256 g/mol. The molecule has 1 aliphatic rings. The van der Waals surface area contributed by atoms with Crippen LogP contribution in [0, 0.1) is 16.7 Å². The van der Waals surface area contributed by atoms with Gasteiger partial charge in [0.25, 0.3) is 0 Å². The molecule has 0 radical (unpaired) electrons. The highest BCUT2D eigenvalue weighted by Gasteiger charge is 2.74. The van der Waals surface area contributed by atoms with Gasteiger partial charge in [-0.25, -0.2) is 4.79 Å². The first kappa shape index (κ1) is 14.3. The van der Waals surface area contributed by atoms with Crippen molar-refractivity contribution >= 4 is 11.9 Å². The average molecular weight is 274 g/mol. The second kappa shape index (κ2) is 4.78. The minimum atomic E-state index is -1.05. The van der Waals surface area contributed by atoms with E-state index in [9.17, 15) is 14.7 Å². The van der Waals surface area contributed by atoms with Crippen LogP contribution in [0.4, 0.5) is 0 Å². The number of benzene rings is 1. The Bertz CT molecular complexity index is 559. The second-order valence-electron chi connectivity index (χ2n) is 5.84. The van der Waals surface area contributed by atoms with Gasteiger partial charge >= 0.3 is 11.9 Å². The summed E-state index contributed by atoms with van der Waals surface area (Å²) in [4.78, 5) is 22.4. The van der Waals surface area contributed by atoms with Gasteiger partial charge in [-0.05, 0) is 17.4 Å². The van der Waals surface area contributed by atoms with Crippen molar-refractivity contribution in [3.8, 4) is 0 Å². The summed E-state index contributed by atoms with van der Waals surface area (Å²) in [6.45, 7) is 3.75. The molecular formula is C16H18O4. The highest BCUT2D eigenvalue weighted by molar-refractivity contribution is 5.84. The molecule has 20 heavy (non-hydrogen) atoms. The minimum Gasteiger partial charge on any atom is -0.481 e. The average Bonchev–Trinajstić information content (AvgIpc) is 2.84. The summed E-state index contributed by atoms with van der Waals surface area (Å²) in [7, 11) is 0. The number of carbonyl (C=O) groups is 2. The third-order valence-electron chi connectivity index (χ3n) is 4.51. The number of rotatable bonds is 5. The molecule has 0 amide bonds. The Balaban J connectivity index is 2.32. The minimum absolute atomic E-state index is 0.274. The SMILES string of the molecule is CC1(C)[C@@H](/C=C\C(=O)O)[C@@]1(Cc1ccccc1)C(=O)O. The first-order valence-electron chi connectivity index (χ1n) is 6.51. The highest BCUT2D eigenvalue weighted by Crippen LogP contribution is 2.71. The van der Waals surface area contributed by atoms with Gasteiger partial charge < -0.3 is 10.2 Å². The maximum absolute atomic E-state index is 11.8. The monoisotopic (exact) mass is 274 g/mol. The molecule has 2 rings (SSSR count). The van der Waals surface area contributed by atoms with Crippen molar-refractivity contribution in [3.05, 3.63) is 48.0 Å². The Morgan fingerprint density at radius 2 is 1.80 bits per heavy atom. The molecule has 4 heteroatoms. The summed E-state index contributed by atoms with van der Waals surface area (Å²) in [5.74, 6) is -2.19. The quantitative estimate of drug-likeness (QED) is 0.809. The van der Waals surface area contributed by atoms with Gasteiger partial charge in [-0.2, -0.15) is 0 Å². The molecule has 0 aromatic heterocycles. The molecule has 2 N–H and O–H groups in total. The van der Waals surface area contributed by atoms with E-state index in [1.165, 1.54) is 6.08 Å². The predicted octanol–water partition coefficient (Wildman–Crippen LogP) is 2.60. The number of hydrogen-bond donors (Lipinski definition) is 2. The van der Waals surface area contributed by atoms with Gasteiger partial charge in [-0.3, -0.25) is 4.79 Å². The first-order valence-corrected chi connectivity index (χ1v) is 6.51. The van der Waals surface area contributed by atoms with Crippen LogP contribution < -0.4 is 0 Å². The predicted molar refractivity (Wildman–Crippen MR) is 74.3 cm³/mol. The normalized spacial score (nSPS) is 27.4. The third-order valence-corrected chi connectivity index (χ3v) is 4.51. The van der Waals surface area contributed by atoms with Crippen molar-refractivity contribution < 1.29 is 19.8 Å². The van der Waals surface area contributed by atoms with E-state index in [2.05, 4.69) is 0 Å². The lowest BCUT2D eigenvalue weighted by molar-refractivity contribution is -0.145. The van der Waals surface area contributed by atoms with Crippen molar-refractivity contribution in [2.75, 3.05) is 0 Å². The lowest BCUT2D eigenvalue weighted by Gasteiger charge is -2.15. The highest BCUT2D eigenvalue weighted by atomic mass is 16.4. The second-order valence-corrected chi connectivity index (χ2v) is 5.84. The van der Waals surface area contributed by atoms with Crippen LogP contribution in [0.15, 0.2) is 42.5 Å². The smallest absolute Gasteiger partial charge is 0.327 e. The van der Waals surface area contributed by atoms with Gasteiger partial charge in [0, 0.05) is 12.0 Å². The van der Waals surface area contributed by atoms with E-state index >= 15 is 0 Å². The molecule has 1 aromatic rings. The molecule has 2 atom stereocenters. The summed E-state index contributed by atoms with van der Waals surface area (Å²) >= 11 is 0. The van der Waals surface area contributed by atoms with Crippen molar-refractivity contribution in [2.24, 2.45) is 16.7 Å². The van der Waals surface area contributed by atoms with E-state index in [0.29, 0.717) is 6.42 Å². The van der Waals surface area contributed by atoms with Crippen molar-refractivity contribution in [3.63, 3.8) is 0 Å². The van der Waals surface area contributed by atoms with Gasteiger partial charge in [-0.15, -0.1) is 0 Å². The molecule has 1 aliphatic carbocycles. The van der Waals surface area contributed by atoms with Crippen LogP contribution in [0.1, 0.15) is 19.4 Å². The van der Waals surface area contributed by atoms with Crippen LogP contribution in [0.25, 0.3) is 0 Å². The van der Waals surface area contributed by atoms with Crippen LogP contribution in [0.3, 0.4) is 0 Å². The molecule has 0 heterocycles. The molecule has 1 aromatic carbocycles. The molecule has 0 bridgehead atoms. The summed E-state index contributed by atoms with van der Waals surface area (Å²) in [6.07, 6.45) is 2.96. The van der Waals surface area contributed by atoms with E-state index in [1.54, 1.807) is 0 Å². The Hall–Kier alpha value is -2.10. The van der Waals surface area contributed by atoms with Crippen molar-refractivity contribution in [1.29, 1.82) is 0 Å². The van der Waals surface area contributed by atoms with E-state index < -0.39 is 22.8 Å². The van der Waals surface area contributed by atoms with E-state index in [-0.39, 0.29) is 5.92 Å². The van der Waals surface area contributed by atoms with Gasteiger partial charge in [0.1, 0.15) is 0 Å². The molecule has 106 valence electrons. The lowest BCUT2D eigenvalue weighted by atomic mass is 9.88. The Morgan fingerprint density at radius 1 is 1.20 bits per heavy atom. The van der Waals surface area contributed by atoms with Crippen LogP contribution in [0.5, 0.6) is 0 Å². The first-order chi connectivity index (χ1) is 9.32. The van der Waals surface area contributed by atoms with Gasteiger partial charge in [0.05, 0.1) is 5.41 Å². The van der Waals surface area contributed by atoms with E-state index in [1.807, 2.05) is 44.2 Å². The Morgan fingerprint density at radius 3 is 2.30 bits per heavy atom. The molecule has 0 unspecified atom stereocenters. The summed E-state index contributed by atoms with van der Waals surface area (Å²) in [5.41, 5.74) is -0.435. The molecule has 1 saturated carbocycles. The van der Waals surface area contributed by atoms with E-state index in [4.69, 9.17) is 5.11 Å². The fourth-order valence-corrected chi connectivity index (χ4v) is 3.22. The van der Waals surface area contributed by atoms with Gasteiger partial charge in [0.2, 0.25) is 0 Å². The summed E-state index contributed by atoms with van der Waals surface area (Å²) in [5, 5.41) is 18.4. The maximum atomic E-state index is 11.8. The standard InChI is InChI=1S/C16H18O4/c1-15(2)12(8-9-13(17)18)16(15,14(19)20)10-11-6-4-3-5-7-11/h3-9,12H,10H2,1-2H3,(H,17,18)(H,19,20)/b9-8-/t12-,16+/m1/s1. The maximum Gasteiger partial charge on any atom is 0.327 e. The van der Waals surface area contributed by atoms with Crippen LogP contribution in [0.2, 0.25) is 0 Å². The molecule has 0 aliphatic heterocycles. The van der Waals surface area contributed by atoms with Crippen molar-refractivity contribution in [1.82, 2.24) is 0 Å². The number of hydrogen-bond acceptors (Lipinski definition) is 2. The van der Waals surface area contributed by atoms with E-state index in [0.717, 1.165) is 11.6 Å². The fourth-order valence-electron chi connectivity index (χ4n) is 3.22. The van der Waals surface area contributed by atoms with Crippen molar-refractivity contribution in [2.45, 2.75) is 20.3 Å². The zero-order valence-electron chi connectivity index (χ0n) is 11.5. The summed E-state index contributed by atoms with van der Waals surface area (Å²) in [6, 6.07) is 9.44. The topological polar surface area (TPSA) is 74.6 Å². The summed E-state index contributed by atoms with van der Waals surface area (Å²) < 4.78 is 0.